The Labute approximate surface area is 259 Å². The number of hydrogen-bond acceptors (Lipinski definition) is 11. The van der Waals surface area contributed by atoms with E-state index in [4.69, 9.17) is 9.47 Å². The molecule has 0 aliphatic carbocycles. The van der Waals surface area contributed by atoms with Gasteiger partial charge in [0.05, 0.1) is 36.0 Å². The summed E-state index contributed by atoms with van der Waals surface area (Å²) in [5, 5.41) is 45.9. The number of carbonyl (C=O) groups is 2. The first-order valence-electron chi connectivity index (χ1n) is 14.7. The number of ether oxygens (including phenoxy) is 2. The largest absolute Gasteiger partial charge is 0.463 e. The van der Waals surface area contributed by atoms with Crippen LogP contribution < -0.4 is 10.9 Å². The van der Waals surface area contributed by atoms with E-state index in [1.165, 1.54) is 33.7 Å². The topological polar surface area (TPSA) is 178 Å². The van der Waals surface area contributed by atoms with Gasteiger partial charge >= 0.3 is 5.97 Å². The average Bonchev–Trinajstić information content (AvgIpc) is 3.53. The lowest BCUT2D eigenvalue weighted by Gasteiger charge is -2.39. The molecule has 0 bridgehead atoms. The Morgan fingerprint density at radius 2 is 1.88 bits per heavy atom. The fourth-order valence-corrected chi connectivity index (χ4v) is 6.93. The van der Waals surface area contributed by atoms with Crippen molar-refractivity contribution in [3.8, 4) is 10.6 Å². The molecule has 43 heavy (non-hydrogen) atoms. The van der Waals surface area contributed by atoms with Crippen LogP contribution in [-0.4, -0.2) is 81.0 Å². The number of rotatable bonds is 16. The van der Waals surface area contributed by atoms with Crippen molar-refractivity contribution in [2.45, 2.75) is 96.2 Å². The molecule has 0 unspecified atom stereocenters. The molecule has 1 saturated heterocycles. The van der Waals surface area contributed by atoms with Crippen LogP contribution in [0.3, 0.4) is 0 Å². The van der Waals surface area contributed by atoms with Crippen molar-refractivity contribution in [3.63, 3.8) is 0 Å². The quantitative estimate of drug-likeness (QED) is 0.0527. The summed E-state index contributed by atoms with van der Waals surface area (Å²) < 4.78 is 10.9. The van der Waals surface area contributed by atoms with Gasteiger partial charge in [0.15, 0.2) is 0 Å². The van der Waals surface area contributed by atoms with Gasteiger partial charge in [-0.15, -0.1) is 0 Å². The maximum Gasteiger partial charge on any atom is 0.330 e. The van der Waals surface area contributed by atoms with Crippen molar-refractivity contribution in [2.24, 2.45) is 11.8 Å². The second kappa shape index (κ2) is 17.2. The standard InChI is InChI=1S/C30H44N2O9S2/c1-17(19(3)33)10-9-11-20-15-41-28(27(38)26(20)37)25(36)18(2)14-23(35)40-13-8-6-4-5-7-12-22(34)32-24-29-21(16-42-43-29)31-30(24)39/h9-10,14,16-17,19-20,25-28,33,36-38H,4-8,11-13,15H2,1-3H3,(H,31,39)(H,32,34)/b10-9+,18-14+/t17-,19+,20+,25+,26+,27-,28+/m1/s1. The molecule has 3 aliphatic heterocycles. The van der Waals surface area contributed by atoms with E-state index in [1.807, 2.05) is 24.5 Å². The molecule has 3 heterocycles. The molecule has 240 valence electrons. The van der Waals surface area contributed by atoms with Crippen molar-refractivity contribution in [1.82, 2.24) is 4.98 Å². The van der Waals surface area contributed by atoms with E-state index >= 15 is 0 Å². The van der Waals surface area contributed by atoms with Gasteiger partial charge in [-0.3, -0.25) is 9.59 Å². The van der Waals surface area contributed by atoms with E-state index in [2.05, 4.69) is 10.3 Å². The van der Waals surface area contributed by atoms with Gasteiger partial charge in [-0.25, -0.2) is 4.79 Å². The van der Waals surface area contributed by atoms with Gasteiger partial charge in [-0.05, 0) is 44.6 Å². The molecule has 0 radical (unpaired) electrons. The lowest BCUT2D eigenvalue weighted by Crippen LogP contribution is -2.54. The highest BCUT2D eigenvalue weighted by Gasteiger charge is 2.41. The summed E-state index contributed by atoms with van der Waals surface area (Å²) in [7, 11) is 2.94. The van der Waals surface area contributed by atoms with E-state index in [1.54, 1.807) is 6.92 Å². The van der Waals surface area contributed by atoms with Gasteiger partial charge in [0.25, 0.3) is 5.56 Å². The smallest absolute Gasteiger partial charge is 0.330 e. The van der Waals surface area contributed by atoms with E-state index in [0.29, 0.717) is 31.4 Å². The summed E-state index contributed by atoms with van der Waals surface area (Å²) in [5.41, 5.74) is 1.04. The normalized spacial score (nSPS) is 23.4. The van der Waals surface area contributed by atoms with Crippen molar-refractivity contribution < 1.29 is 39.5 Å². The maximum atomic E-state index is 12.2. The summed E-state index contributed by atoms with van der Waals surface area (Å²) in [4.78, 5) is 39.9. The first-order chi connectivity index (χ1) is 20.5. The predicted octanol–water partition coefficient (Wildman–Crippen LogP) is 3.43. The van der Waals surface area contributed by atoms with Crippen LogP contribution in [0.25, 0.3) is 10.6 Å². The molecule has 3 rings (SSSR count). The Morgan fingerprint density at radius 3 is 2.63 bits per heavy atom. The van der Waals surface area contributed by atoms with Crippen molar-refractivity contribution in [2.75, 3.05) is 18.5 Å². The Morgan fingerprint density at radius 1 is 1.16 bits per heavy atom. The zero-order chi connectivity index (χ0) is 31.5. The van der Waals surface area contributed by atoms with E-state index in [0.717, 1.165) is 29.8 Å². The van der Waals surface area contributed by atoms with Crippen LogP contribution in [0, 0.1) is 11.8 Å². The van der Waals surface area contributed by atoms with E-state index in [9.17, 15) is 34.8 Å². The molecule has 11 nitrogen and oxygen atoms in total. The molecule has 6 N–H and O–H groups in total. The molecule has 0 aromatic rings. The third-order valence-electron chi connectivity index (χ3n) is 7.74. The fraction of sp³-hybridized carbons (Fsp3) is 0.633. The van der Waals surface area contributed by atoms with E-state index < -0.39 is 36.5 Å². The molecule has 1 amide bonds. The van der Waals surface area contributed by atoms with Crippen molar-refractivity contribution >= 4 is 38.2 Å². The fourth-order valence-electron chi connectivity index (χ4n) is 4.77. The average molecular weight is 641 g/mol. The number of aromatic amines is 1. The van der Waals surface area contributed by atoms with Gasteiger partial charge in [0.1, 0.15) is 24.0 Å². The third kappa shape index (κ3) is 10.3. The molecule has 7 atom stereocenters. The number of aliphatic hydroxyl groups excluding tert-OH is 4. The van der Waals surface area contributed by atoms with E-state index in [-0.39, 0.29) is 42.1 Å². The highest BCUT2D eigenvalue weighted by Crippen LogP contribution is 2.35. The minimum absolute atomic E-state index is 0.0386. The van der Waals surface area contributed by atoms with Crippen LogP contribution in [0.1, 0.15) is 65.7 Å². The molecule has 0 spiro atoms. The number of fused-ring (bicyclic) bond motifs is 1. The Hall–Kier alpha value is -2.39. The molecular weight excluding hydrogens is 596 g/mol. The number of esters is 1. The molecule has 0 saturated carbocycles. The number of aliphatic hydroxyl groups is 4. The lowest BCUT2D eigenvalue weighted by molar-refractivity contribution is -0.187. The number of unbranched alkanes of at least 4 members (excludes halogenated alkanes) is 4. The first-order valence-corrected chi connectivity index (χ1v) is 17.0. The molecule has 13 heteroatoms. The van der Waals surface area contributed by atoms with Crippen LogP contribution in [0.4, 0.5) is 5.69 Å². The Bertz CT molecular complexity index is 1250. The monoisotopic (exact) mass is 640 g/mol. The van der Waals surface area contributed by atoms with Gasteiger partial charge in [-0.1, -0.05) is 59.0 Å². The second-order valence-electron chi connectivity index (χ2n) is 11.2. The van der Waals surface area contributed by atoms with Crippen molar-refractivity contribution in [3.05, 3.63) is 39.5 Å². The molecule has 0 aromatic heterocycles. The molecular formula is C30H44N2O9S2. The first kappa shape index (κ1) is 35.1. The summed E-state index contributed by atoms with van der Waals surface area (Å²) in [6.45, 7) is 5.45. The molecule has 1 fully saturated rings. The number of H-pyrrole nitrogens is 1. The minimum Gasteiger partial charge on any atom is -0.463 e. The number of allylic oxidation sites excluding steroid dienone is 1. The Kier molecular flexibility index (Phi) is 14.0. The summed E-state index contributed by atoms with van der Waals surface area (Å²) >= 11 is 0. The number of aromatic nitrogens is 1. The Balaban J connectivity index is 1.28. The zero-order valence-corrected chi connectivity index (χ0v) is 26.5. The maximum absolute atomic E-state index is 12.2. The number of nitrogens with one attached hydrogen (secondary N) is 2. The molecule has 0 aromatic carbocycles. The number of hydrogen-bond donors (Lipinski definition) is 6. The third-order valence-corrected chi connectivity index (χ3v) is 9.83. The number of anilines is 1. The van der Waals surface area contributed by atoms with Crippen LogP contribution in [0.15, 0.2) is 34.0 Å². The summed E-state index contributed by atoms with van der Waals surface area (Å²) in [5.74, 6) is -1.21. The van der Waals surface area contributed by atoms with Crippen LogP contribution in [0.2, 0.25) is 0 Å². The van der Waals surface area contributed by atoms with Gasteiger partial charge < -0.3 is 40.2 Å². The highest BCUT2D eigenvalue weighted by molar-refractivity contribution is 7.70. The van der Waals surface area contributed by atoms with Gasteiger partial charge in [-0.2, -0.15) is 0 Å². The number of amides is 1. The van der Waals surface area contributed by atoms with Gasteiger partial charge in [0, 0.05) is 23.8 Å². The number of carbonyl (C=O) groups excluding carboxylic acids is 2. The second-order valence-corrected chi connectivity index (χ2v) is 13.3. The van der Waals surface area contributed by atoms with Crippen LogP contribution in [0.5, 0.6) is 0 Å². The lowest BCUT2D eigenvalue weighted by atomic mass is 9.86. The summed E-state index contributed by atoms with van der Waals surface area (Å²) in [6, 6.07) is 0. The van der Waals surface area contributed by atoms with Gasteiger partial charge in [0.2, 0.25) is 5.91 Å². The highest BCUT2D eigenvalue weighted by atomic mass is 32.9. The van der Waals surface area contributed by atoms with Crippen LogP contribution in [-0.2, 0) is 19.1 Å². The minimum atomic E-state index is -1.34. The predicted molar refractivity (Wildman–Crippen MR) is 166 cm³/mol. The SMILES string of the molecule is C/C(=C\C(=O)OCCCCCCCC(=O)Nc1c2sscc-2[nH]c1=O)[C@H](O)[C@@H]1OC[C@H](C/C=C/[C@@H](C)[C@H](C)O)[C@H](O)[C@H]1O. The molecule has 3 aliphatic rings. The summed E-state index contributed by atoms with van der Waals surface area (Å²) in [6.07, 6.45) is 4.15. The zero-order valence-electron chi connectivity index (χ0n) is 24.9. The van der Waals surface area contributed by atoms with Crippen molar-refractivity contribution in [1.29, 1.82) is 0 Å². The van der Waals surface area contributed by atoms with Crippen LogP contribution >= 0.6 is 20.7 Å².